The molecule has 0 saturated heterocycles. The highest BCUT2D eigenvalue weighted by molar-refractivity contribution is 6.03. The van der Waals surface area contributed by atoms with Crippen LogP contribution in [-0.4, -0.2) is 0 Å². The van der Waals surface area contributed by atoms with E-state index in [-0.39, 0.29) is 5.41 Å². The second-order valence-electron chi connectivity index (χ2n) is 13.8. The van der Waals surface area contributed by atoms with Crippen LogP contribution in [0.3, 0.4) is 0 Å². The van der Waals surface area contributed by atoms with Crippen LogP contribution < -0.4 is 4.90 Å². The SMILES string of the molecule is CC1(C)c2cc(N(c3cccc(-c4ccccc4)c3)c3cccc4ccccc34)c(-c3ccccc3)cc2-c2c(-c3ccccc3)cccc21. The Morgan fingerprint density at radius 2 is 0.960 bits per heavy atom. The first kappa shape index (κ1) is 29.9. The van der Waals surface area contributed by atoms with Crippen molar-refractivity contribution in [2.75, 3.05) is 4.90 Å². The van der Waals surface area contributed by atoms with Gasteiger partial charge in [-0.2, -0.15) is 0 Å². The smallest absolute Gasteiger partial charge is 0.0543 e. The highest BCUT2D eigenvalue weighted by Crippen LogP contribution is 2.56. The summed E-state index contributed by atoms with van der Waals surface area (Å²) in [5.41, 5.74) is 15.9. The van der Waals surface area contributed by atoms with Crippen LogP contribution >= 0.6 is 0 Å². The highest BCUT2D eigenvalue weighted by Gasteiger charge is 2.38. The van der Waals surface area contributed by atoms with Crippen LogP contribution in [0.2, 0.25) is 0 Å². The van der Waals surface area contributed by atoms with Crippen molar-refractivity contribution in [3.05, 3.63) is 199 Å². The molecule has 50 heavy (non-hydrogen) atoms. The van der Waals surface area contributed by atoms with Gasteiger partial charge < -0.3 is 4.90 Å². The minimum Gasteiger partial charge on any atom is -0.309 e. The van der Waals surface area contributed by atoms with Crippen molar-refractivity contribution in [3.8, 4) is 44.5 Å². The molecule has 0 aromatic heterocycles. The van der Waals surface area contributed by atoms with Gasteiger partial charge in [-0.15, -0.1) is 0 Å². The van der Waals surface area contributed by atoms with Gasteiger partial charge >= 0.3 is 0 Å². The maximum Gasteiger partial charge on any atom is 0.0543 e. The van der Waals surface area contributed by atoms with Gasteiger partial charge in [-0.1, -0.05) is 172 Å². The summed E-state index contributed by atoms with van der Waals surface area (Å²) in [4.78, 5) is 2.49. The maximum absolute atomic E-state index is 2.49. The number of benzene rings is 8. The third kappa shape index (κ3) is 4.94. The number of nitrogens with zero attached hydrogens (tertiary/aromatic N) is 1. The second kappa shape index (κ2) is 12.1. The molecule has 238 valence electrons. The first-order valence-corrected chi connectivity index (χ1v) is 17.4. The molecule has 0 N–H and O–H groups in total. The van der Waals surface area contributed by atoms with Crippen molar-refractivity contribution in [1.29, 1.82) is 0 Å². The van der Waals surface area contributed by atoms with Gasteiger partial charge in [-0.25, -0.2) is 0 Å². The summed E-state index contributed by atoms with van der Waals surface area (Å²) in [5.74, 6) is 0. The molecule has 1 heteroatoms. The predicted octanol–water partition coefficient (Wildman–Crippen LogP) is 13.6. The summed E-state index contributed by atoms with van der Waals surface area (Å²) in [5, 5.41) is 2.44. The Balaban J connectivity index is 1.36. The number of fused-ring (bicyclic) bond motifs is 4. The fourth-order valence-corrected chi connectivity index (χ4v) is 7.98. The van der Waals surface area contributed by atoms with Crippen molar-refractivity contribution in [2.45, 2.75) is 19.3 Å². The van der Waals surface area contributed by atoms with Gasteiger partial charge in [0.15, 0.2) is 0 Å². The Morgan fingerprint density at radius 3 is 1.70 bits per heavy atom. The van der Waals surface area contributed by atoms with E-state index in [1.54, 1.807) is 0 Å². The lowest BCUT2D eigenvalue weighted by Crippen LogP contribution is -2.17. The van der Waals surface area contributed by atoms with E-state index < -0.39 is 0 Å². The molecule has 0 saturated carbocycles. The van der Waals surface area contributed by atoms with Crippen molar-refractivity contribution in [1.82, 2.24) is 0 Å². The predicted molar refractivity (Wildman–Crippen MR) is 213 cm³/mol. The third-order valence-electron chi connectivity index (χ3n) is 10.4. The van der Waals surface area contributed by atoms with Crippen molar-refractivity contribution in [2.24, 2.45) is 0 Å². The second-order valence-corrected chi connectivity index (χ2v) is 13.8. The summed E-state index contributed by atoms with van der Waals surface area (Å²) in [7, 11) is 0. The molecule has 0 aliphatic heterocycles. The van der Waals surface area contributed by atoms with Crippen LogP contribution in [0.25, 0.3) is 55.3 Å². The molecule has 1 aliphatic carbocycles. The van der Waals surface area contributed by atoms with Crippen molar-refractivity contribution >= 4 is 27.8 Å². The normalized spacial score (nSPS) is 12.8. The number of anilines is 3. The number of hydrogen-bond acceptors (Lipinski definition) is 1. The Morgan fingerprint density at radius 1 is 0.380 bits per heavy atom. The van der Waals surface area contributed by atoms with Gasteiger partial charge in [0.25, 0.3) is 0 Å². The monoisotopic (exact) mass is 639 g/mol. The minimum absolute atomic E-state index is 0.199. The molecule has 0 bridgehead atoms. The van der Waals surface area contributed by atoms with E-state index in [1.165, 1.54) is 72.1 Å². The van der Waals surface area contributed by atoms with E-state index in [4.69, 9.17) is 0 Å². The zero-order chi connectivity index (χ0) is 33.7. The molecular formula is C49H37N. The van der Waals surface area contributed by atoms with E-state index in [0.717, 1.165) is 11.4 Å². The summed E-state index contributed by atoms with van der Waals surface area (Å²) < 4.78 is 0. The molecule has 1 nitrogen and oxygen atoms in total. The molecule has 1 aliphatic rings. The molecule has 0 radical (unpaired) electrons. The third-order valence-corrected chi connectivity index (χ3v) is 10.4. The number of rotatable bonds is 6. The summed E-state index contributed by atoms with van der Waals surface area (Å²) in [6.45, 7) is 4.77. The Bertz CT molecular complexity index is 2490. The first-order chi connectivity index (χ1) is 24.6. The van der Waals surface area contributed by atoms with Crippen LogP contribution in [-0.2, 0) is 5.41 Å². The van der Waals surface area contributed by atoms with Gasteiger partial charge in [0.2, 0.25) is 0 Å². The molecular weight excluding hydrogens is 603 g/mol. The van der Waals surface area contributed by atoms with Gasteiger partial charge in [-0.3, -0.25) is 0 Å². The van der Waals surface area contributed by atoms with Gasteiger partial charge in [0.05, 0.1) is 11.4 Å². The fourth-order valence-electron chi connectivity index (χ4n) is 7.98. The van der Waals surface area contributed by atoms with E-state index in [1.807, 2.05) is 0 Å². The highest BCUT2D eigenvalue weighted by atomic mass is 15.1. The first-order valence-electron chi connectivity index (χ1n) is 17.4. The summed E-state index contributed by atoms with van der Waals surface area (Å²) >= 11 is 0. The van der Waals surface area contributed by atoms with Crippen LogP contribution in [0.4, 0.5) is 17.1 Å². The van der Waals surface area contributed by atoms with Crippen LogP contribution in [0.5, 0.6) is 0 Å². The molecule has 0 unspecified atom stereocenters. The van der Waals surface area contributed by atoms with Crippen LogP contribution in [0.1, 0.15) is 25.0 Å². The maximum atomic E-state index is 2.49. The average molecular weight is 640 g/mol. The minimum atomic E-state index is -0.199. The quantitative estimate of drug-likeness (QED) is 0.175. The molecule has 8 aromatic carbocycles. The molecule has 0 atom stereocenters. The van der Waals surface area contributed by atoms with Crippen LogP contribution in [0.15, 0.2) is 188 Å². The summed E-state index contributed by atoms with van der Waals surface area (Å²) in [6.07, 6.45) is 0. The largest absolute Gasteiger partial charge is 0.309 e. The van der Waals surface area contributed by atoms with Gasteiger partial charge in [0.1, 0.15) is 0 Å². The van der Waals surface area contributed by atoms with Gasteiger partial charge in [0, 0.05) is 22.1 Å². The average Bonchev–Trinajstić information content (AvgIpc) is 3.41. The zero-order valence-electron chi connectivity index (χ0n) is 28.3. The van der Waals surface area contributed by atoms with E-state index in [2.05, 4.69) is 207 Å². The fraction of sp³-hybridized carbons (Fsp3) is 0.0612. The standard InChI is InChI=1S/C49H37N/c1-49(2)44-29-16-28-41(36-19-8-4-9-20-36)48(44)43-32-42(37-21-10-5-11-22-37)47(33-45(43)49)50(46-30-15-24-35-23-12-13-27-40(35)46)39-26-14-25-38(31-39)34-17-6-3-7-18-34/h3-33H,1-2H3. The van der Waals surface area contributed by atoms with E-state index >= 15 is 0 Å². The Labute approximate surface area is 294 Å². The molecule has 0 amide bonds. The Hall–Kier alpha value is -6.18. The topological polar surface area (TPSA) is 3.24 Å². The molecule has 0 fully saturated rings. The van der Waals surface area contributed by atoms with E-state index in [9.17, 15) is 0 Å². The lowest BCUT2D eigenvalue weighted by Gasteiger charge is -2.31. The molecule has 0 heterocycles. The van der Waals surface area contributed by atoms with E-state index in [0.29, 0.717) is 0 Å². The summed E-state index contributed by atoms with van der Waals surface area (Å²) in [6, 6.07) is 68.6. The Kier molecular flexibility index (Phi) is 7.21. The van der Waals surface area contributed by atoms with Crippen LogP contribution in [0, 0.1) is 0 Å². The lowest BCUT2D eigenvalue weighted by molar-refractivity contribution is 0.660. The van der Waals surface area contributed by atoms with Crippen molar-refractivity contribution in [3.63, 3.8) is 0 Å². The zero-order valence-corrected chi connectivity index (χ0v) is 28.3. The molecule has 8 aromatic rings. The lowest BCUT2D eigenvalue weighted by atomic mass is 9.81. The molecule has 9 rings (SSSR count). The van der Waals surface area contributed by atoms with Crippen molar-refractivity contribution < 1.29 is 0 Å². The number of hydrogen-bond donors (Lipinski definition) is 0. The van der Waals surface area contributed by atoms with Gasteiger partial charge in [-0.05, 0) is 85.8 Å². The molecule has 0 spiro atoms.